The smallest absolute Gasteiger partial charge is 0.251 e. The van der Waals surface area contributed by atoms with Gasteiger partial charge in [-0.3, -0.25) is 4.79 Å². The molecule has 5 atom stereocenters. The largest absolute Gasteiger partial charge is 0.314 e. The number of hydrogen-bond acceptors (Lipinski definition) is 2. The van der Waals surface area contributed by atoms with E-state index < -0.39 is 0 Å². The van der Waals surface area contributed by atoms with Crippen LogP contribution in [0.5, 0.6) is 0 Å². The van der Waals surface area contributed by atoms with E-state index >= 15 is 0 Å². The Bertz CT molecular complexity index is 787. The van der Waals surface area contributed by atoms with Crippen LogP contribution in [0.1, 0.15) is 70.8 Å². The average molecular weight is 365 g/mol. The molecule has 6 rings (SSSR count). The lowest BCUT2D eigenvalue weighted by atomic mass is 9.38. The van der Waals surface area contributed by atoms with Gasteiger partial charge in [0.1, 0.15) is 0 Å². The second-order valence-corrected chi connectivity index (χ2v) is 10.5. The van der Waals surface area contributed by atoms with E-state index in [1.165, 1.54) is 24.8 Å². The molecule has 5 aliphatic rings. The monoisotopic (exact) mass is 364 g/mol. The van der Waals surface area contributed by atoms with E-state index in [4.69, 9.17) is 4.99 Å². The zero-order valence-electron chi connectivity index (χ0n) is 16.8. The first-order valence-electron chi connectivity index (χ1n) is 10.8. The molecule has 27 heavy (non-hydrogen) atoms. The van der Waals surface area contributed by atoms with E-state index in [-0.39, 0.29) is 16.7 Å². The van der Waals surface area contributed by atoms with Crippen LogP contribution in [-0.2, 0) is 10.2 Å². The van der Waals surface area contributed by atoms with Crippen LogP contribution >= 0.6 is 0 Å². The van der Waals surface area contributed by atoms with Crippen molar-refractivity contribution in [1.82, 2.24) is 5.32 Å². The van der Waals surface area contributed by atoms with Crippen molar-refractivity contribution in [1.29, 1.82) is 0 Å². The zero-order valence-corrected chi connectivity index (χ0v) is 16.8. The second kappa shape index (κ2) is 6.01. The van der Waals surface area contributed by atoms with Crippen LogP contribution in [0.3, 0.4) is 0 Å². The first-order chi connectivity index (χ1) is 12.9. The Hall–Kier alpha value is -1.48. The Morgan fingerprint density at radius 2 is 1.93 bits per heavy atom. The summed E-state index contributed by atoms with van der Waals surface area (Å²) in [5.74, 6) is 0.893. The number of nitrogens with zero attached hydrogens (tertiary/aromatic N) is 1. The lowest BCUT2D eigenvalue weighted by Gasteiger charge is -2.65. The molecule has 4 unspecified atom stereocenters. The highest BCUT2D eigenvalue weighted by atomic mass is 16.1. The van der Waals surface area contributed by atoms with Gasteiger partial charge in [-0.05, 0) is 74.2 Å². The first kappa shape index (κ1) is 17.6. The summed E-state index contributed by atoms with van der Waals surface area (Å²) in [6.45, 7) is 5.58. The van der Waals surface area contributed by atoms with Gasteiger partial charge >= 0.3 is 0 Å². The van der Waals surface area contributed by atoms with E-state index in [0.717, 1.165) is 44.4 Å². The first-order valence-corrected chi connectivity index (χ1v) is 10.8. The molecule has 0 spiro atoms. The van der Waals surface area contributed by atoms with Crippen LogP contribution in [0, 0.1) is 16.7 Å². The minimum atomic E-state index is -0.217. The molecule has 1 aromatic carbocycles. The summed E-state index contributed by atoms with van der Waals surface area (Å²) in [6, 6.07) is 11.5. The third kappa shape index (κ3) is 2.90. The minimum Gasteiger partial charge on any atom is -0.314 e. The Labute approximate surface area is 163 Å². The van der Waals surface area contributed by atoms with Gasteiger partial charge in [-0.25, -0.2) is 4.99 Å². The van der Waals surface area contributed by atoms with Crippen molar-refractivity contribution in [2.45, 2.75) is 76.7 Å². The third-order valence-electron chi connectivity index (χ3n) is 7.90. The van der Waals surface area contributed by atoms with Crippen molar-refractivity contribution in [3.05, 3.63) is 35.9 Å². The van der Waals surface area contributed by atoms with E-state index in [0.29, 0.717) is 17.4 Å². The highest BCUT2D eigenvalue weighted by Gasteiger charge is 2.64. The maximum Gasteiger partial charge on any atom is 0.251 e. The standard InChI is InChI=1S/C24H32N2O/c1-17-10-20(8-9-25-17)26-21(27)24-13-18-11-22(2,15-24)14-23(12-18,16-24)19-6-4-3-5-7-19/h3-7,17-18,25H,8-16H2,1-2H3/b26-20-/t17-,18?,22?,23?,24?/m0/s1. The summed E-state index contributed by atoms with van der Waals surface area (Å²) in [7, 11) is 0. The molecular formula is C24H32N2O. The predicted molar refractivity (Wildman–Crippen MR) is 109 cm³/mol. The highest BCUT2D eigenvalue weighted by Crippen LogP contribution is 2.70. The molecule has 1 aliphatic heterocycles. The molecule has 3 heteroatoms. The van der Waals surface area contributed by atoms with Gasteiger partial charge in [0.25, 0.3) is 5.91 Å². The van der Waals surface area contributed by atoms with E-state index in [1.54, 1.807) is 0 Å². The number of rotatable bonds is 2. The Morgan fingerprint density at radius 3 is 2.67 bits per heavy atom. The van der Waals surface area contributed by atoms with Crippen LogP contribution in [0.2, 0.25) is 0 Å². The Kier molecular flexibility index (Phi) is 3.92. The molecule has 4 aliphatic carbocycles. The van der Waals surface area contributed by atoms with Crippen LogP contribution in [0.15, 0.2) is 35.3 Å². The van der Waals surface area contributed by atoms with Gasteiger partial charge < -0.3 is 5.32 Å². The van der Waals surface area contributed by atoms with Gasteiger partial charge in [-0.1, -0.05) is 37.3 Å². The summed E-state index contributed by atoms with van der Waals surface area (Å²) in [6.07, 6.45) is 8.79. The SMILES string of the molecule is C[C@H]1C/C(=N\C(=O)C23CC4CC(C)(C2)CC(c2ccccc2)(C4)C3)CCN1. The maximum absolute atomic E-state index is 13.6. The van der Waals surface area contributed by atoms with Crippen molar-refractivity contribution in [3.8, 4) is 0 Å². The van der Waals surface area contributed by atoms with Crippen molar-refractivity contribution in [2.75, 3.05) is 6.54 Å². The number of piperidine rings is 1. The van der Waals surface area contributed by atoms with Gasteiger partial charge in [0.15, 0.2) is 0 Å². The Balaban J connectivity index is 1.51. The van der Waals surface area contributed by atoms with Gasteiger partial charge in [0.05, 0.1) is 5.41 Å². The molecule has 1 aromatic rings. The average Bonchev–Trinajstić information content (AvgIpc) is 2.60. The summed E-state index contributed by atoms with van der Waals surface area (Å²) in [4.78, 5) is 18.3. The third-order valence-corrected chi connectivity index (χ3v) is 7.90. The molecule has 4 bridgehead atoms. The summed E-state index contributed by atoms with van der Waals surface area (Å²) >= 11 is 0. The number of aliphatic imine (C=N–C) groups is 1. The maximum atomic E-state index is 13.6. The molecular weight excluding hydrogens is 332 g/mol. The molecule has 1 heterocycles. The molecule has 5 fully saturated rings. The lowest BCUT2D eigenvalue weighted by Crippen LogP contribution is -2.60. The lowest BCUT2D eigenvalue weighted by molar-refractivity contribution is -0.156. The molecule has 144 valence electrons. The van der Waals surface area contributed by atoms with E-state index in [9.17, 15) is 4.79 Å². The summed E-state index contributed by atoms with van der Waals surface area (Å²) < 4.78 is 0. The van der Waals surface area contributed by atoms with Crippen molar-refractivity contribution in [3.63, 3.8) is 0 Å². The number of carbonyl (C=O) groups is 1. The number of benzene rings is 1. The molecule has 0 radical (unpaired) electrons. The van der Waals surface area contributed by atoms with Crippen molar-refractivity contribution < 1.29 is 4.79 Å². The molecule has 4 saturated carbocycles. The van der Waals surface area contributed by atoms with E-state index in [2.05, 4.69) is 49.5 Å². The predicted octanol–water partition coefficient (Wildman–Crippen LogP) is 4.65. The number of carbonyl (C=O) groups excluding carboxylic acids is 1. The highest BCUT2D eigenvalue weighted by molar-refractivity contribution is 5.99. The fourth-order valence-electron chi connectivity index (χ4n) is 7.63. The normalized spacial score (nSPS) is 44.6. The van der Waals surface area contributed by atoms with Crippen LogP contribution in [-0.4, -0.2) is 24.2 Å². The van der Waals surface area contributed by atoms with Crippen LogP contribution in [0.25, 0.3) is 0 Å². The minimum absolute atomic E-state index is 0.187. The van der Waals surface area contributed by atoms with Crippen LogP contribution in [0.4, 0.5) is 0 Å². The number of hydrogen-bond donors (Lipinski definition) is 1. The van der Waals surface area contributed by atoms with E-state index in [1.807, 2.05) is 0 Å². The second-order valence-electron chi connectivity index (χ2n) is 10.5. The fourth-order valence-corrected chi connectivity index (χ4v) is 7.63. The number of amides is 1. The summed E-state index contributed by atoms with van der Waals surface area (Å²) in [5.41, 5.74) is 2.85. The quantitative estimate of drug-likeness (QED) is 0.829. The summed E-state index contributed by atoms with van der Waals surface area (Å²) in [5, 5.41) is 3.46. The zero-order chi connectivity index (χ0) is 18.7. The molecule has 1 saturated heterocycles. The fraction of sp³-hybridized carbons (Fsp3) is 0.667. The van der Waals surface area contributed by atoms with Gasteiger partial charge in [-0.15, -0.1) is 0 Å². The Morgan fingerprint density at radius 1 is 1.11 bits per heavy atom. The molecule has 0 aromatic heterocycles. The molecule has 3 nitrogen and oxygen atoms in total. The van der Waals surface area contributed by atoms with Crippen molar-refractivity contribution >= 4 is 11.6 Å². The molecule has 1 N–H and O–H groups in total. The van der Waals surface area contributed by atoms with Gasteiger partial charge in [0.2, 0.25) is 0 Å². The topological polar surface area (TPSA) is 41.5 Å². The van der Waals surface area contributed by atoms with Gasteiger partial charge in [0, 0.05) is 24.7 Å². The molecule has 1 amide bonds. The number of nitrogens with one attached hydrogen (secondary N) is 1. The van der Waals surface area contributed by atoms with Crippen LogP contribution < -0.4 is 5.32 Å². The van der Waals surface area contributed by atoms with Gasteiger partial charge in [-0.2, -0.15) is 0 Å². The van der Waals surface area contributed by atoms with Crippen molar-refractivity contribution in [2.24, 2.45) is 21.7 Å².